The molecule has 0 bridgehead atoms. The Labute approximate surface area is 164 Å². The number of hydrogen-bond donors (Lipinski definition) is 0. The maximum absolute atomic E-state index is 12.7. The molecule has 1 aromatic heterocycles. The van der Waals surface area contributed by atoms with Gasteiger partial charge in [-0.05, 0) is 18.2 Å². The van der Waals surface area contributed by atoms with Crippen LogP contribution in [0, 0.1) is 11.3 Å². The summed E-state index contributed by atoms with van der Waals surface area (Å²) >= 11 is 0. The normalized spacial score (nSPS) is 11.2. The molecule has 148 valence electrons. The van der Waals surface area contributed by atoms with Gasteiger partial charge in [-0.2, -0.15) is 9.57 Å². The zero-order chi connectivity index (χ0) is 20.7. The van der Waals surface area contributed by atoms with Crippen molar-refractivity contribution in [3.05, 3.63) is 59.0 Å². The number of carbonyl (C=O) groups is 1. The SMILES string of the molecule is CCN(CC)S(=O)(=O)c1ccc(=O)n(CC(=O)N(CC#N)c2ccccc2)c1. The second kappa shape index (κ2) is 9.30. The summed E-state index contributed by atoms with van der Waals surface area (Å²) in [5.74, 6) is -0.493. The van der Waals surface area contributed by atoms with Crippen LogP contribution in [0.1, 0.15) is 13.8 Å². The van der Waals surface area contributed by atoms with Gasteiger partial charge in [-0.3, -0.25) is 14.5 Å². The monoisotopic (exact) mass is 402 g/mol. The van der Waals surface area contributed by atoms with Crippen LogP contribution in [0.2, 0.25) is 0 Å². The molecule has 0 aliphatic heterocycles. The number of rotatable bonds is 8. The molecule has 1 heterocycles. The molecule has 1 amide bonds. The predicted octanol–water partition coefficient (Wildman–Crippen LogP) is 1.44. The Bertz CT molecular complexity index is 1020. The molecule has 0 aliphatic rings. The fourth-order valence-electron chi connectivity index (χ4n) is 2.73. The summed E-state index contributed by atoms with van der Waals surface area (Å²) < 4.78 is 27.7. The largest absolute Gasteiger partial charge is 0.305 e. The van der Waals surface area contributed by atoms with E-state index in [0.29, 0.717) is 18.8 Å². The van der Waals surface area contributed by atoms with Crippen molar-refractivity contribution in [2.45, 2.75) is 25.3 Å². The highest BCUT2D eigenvalue weighted by Gasteiger charge is 2.23. The molecule has 0 radical (unpaired) electrons. The third-order valence-corrected chi connectivity index (χ3v) is 6.24. The van der Waals surface area contributed by atoms with Gasteiger partial charge in [-0.1, -0.05) is 32.0 Å². The van der Waals surface area contributed by atoms with Gasteiger partial charge in [-0.25, -0.2) is 8.42 Å². The van der Waals surface area contributed by atoms with E-state index in [1.807, 2.05) is 6.07 Å². The van der Waals surface area contributed by atoms with E-state index in [1.54, 1.807) is 44.2 Å². The number of carbonyl (C=O) groups excluding carboxylic acids is 1. The van der Waals surface area contributed by atoms with Crippen molar-refractivity contribution in [2.75, 3.05) is 24.5 Å². The number of benzene rings is 1. The number of anilines is 1. The summed E-state index contributed by atoms with van der Waals surface area (Å²) in [6, 6.07) is 12.9. The highest BCUT2D eigenvalue weighted by molar-refractivity contribution is 7.89. The maximum Gasteiger partial charge on any atom is 0.251 e. The van der Waals surface area contributed by atoms with Crippen LogP contribution in [0.5, 0.6) is 0 Å². The Morgan fingerprint density at radius 3 is 2.32 bits per heavy atom. The molecule has 0 atom stereocenters. The standard InChI is InChI=1S/C19H22N4O4S/c1-3-22(4-2)28(26,27)17-10-11-18(24)21(14-17)15-19(25)23(13-12-20)16-8-6-5-7-9-16/h5-11,14H,3-4,13,15H2,1-2H3. The number of hydrogen-bond acceptors (Lipinski definition) is 5. The first kappa shape index (κ1) is 21.3. The van der Waals surface area contributed by atoms with Crippen LogP contribution in [-0.4, -0.2) is 42.8 Å². The molecule has 0 fully saturated rings. The molecular formula is C19H22N4O4S. The Morgan fingerprint density at radius 1 is 1.11 bits per heavy atom. The van der Waals surface area contributed by atoms with Gasteiger partial charge in [0.25, 0.3) is 5.56 Å². The van der Waals surface area contributed by atoms with Crippen LogP contribution >= 0.6 is 0 Å². The first-order valence-corrected chi connectivity index (χ1v) is 10.2. The van der Waals surface area contributed by atoms with Crippen LogP contribution in [0.4, 0.5) is 5.69 Å². The smallest absolute Gasteiger partial charge is 0.251 e. The predicted molar refractivity (Wildman–Crippen MR) is 105 cm³/mol. The number of nitriles is 1. The van der Waals surface area contributed by atoms with E-state index in [-0.39, 0.29) is 18.0 Å². The van der Waals surface area contributed by atoms with Crippen LogP contribution in [0.3, 0.4) is 0 Å². The fraction of sp³-hybridized carbons (Fsp3) is 0.316. The lowest BCUT2D eigenvalue weighted by atomic mass is 10.3. The molecule has 0 unspecified atom stereocenters. The number of para-hydroxylation sites is 1. The second-order valence-electron chi connectivity index (χ2n) is 5.89. The van der Waals surface area contributed by atoms with E-state index in [9.17, 15) is 18.0 Å². The summed E-state index contributed by atoms with van der Waals surface area (Å²) in [6.45, 7) is 3.47. The maximum atomic E-state index is 12.7. The molecule has 9 heteroatoms. The molecule has 2 aromatic rings. The molecule has 0 saturated carbocycles. The van der Waals surface area contributed by atoms with Crippen molar-refractivity contribution < 1.29 is 13.2 Å². The first-order valence-electron chi connectivity index (χ1n) is 8.78. The van der Waals surface area contributed by atoms with Gasteiger partial charge in [0.1, 0.15) is 13.1 Å². The van der Waals surface area contributed by atoms with Gasteiger partial charge in [-0.15, -0.1) is 0 Å². The zero-order valence-electron chi connectivity index (χ0n) is 15.8. The van der Waals surface area contributed by atoms with E-state index < -0.39 is 21.5 Å². The van der Waals surface area contributed by atoms with Gasteiger partial charge in [0.05, 0.1) is 11.0 Å². The van der Waals surface area contributed by atoms with E-state index in [4.69, 9.17) is 5.26 Å². The van der Waals surface area contributed by atoms with Crippen LogP contribution in [0.15, 0.2) is 58.4 Å². The van der Waals surface area contributed by atoms with Crippen molar-refractivity contribution in [3.8, 4) is 6.07 Å². The molecule has 0 aliphatic carbocycles. The lowest BCUT2D eigenvalue weighted by Gasteiger charge is -2.21. The highest BCUT2D eigenvalue weighted by Crippen LogP contribution is 2.15. The molecule has 0 spiro atoms. The Morgan fingerprint density at radius 2 is 1.75 bits per heavy atom. The van der Waals surface area contributed by atoms with E-state index in [1.165, 1.54) is 21.5 Å². The number of sulfonamides is 1. The summed E-state index contributed by atoms with van der Waals surface area (Å²) in [7, 11) is -3.76. The van der Waals surface area contributed by atoms with E-state index in [2.05, 4.69) is 0 Å². The Balaban J connectivity index is 2.37. The highest BCUT2D eigenvalue weighted by atomic mass is 32.2. The van der Waals surface area contributed by atoms with Crippen molar-refractivity contribution in [2.24, 2.45) is 0 Å². The molecule has 1 aromatic carbocycles. The second-order valence-corrected chi connectivity index (χ2v) is 7.83. The topological polar surface area (TPSA) is 103 Å². The lowest BCUT2D eigenvalue weighted by molar-refractivity contribution is -0.119. The number of nitrogens with zero attached hydrogens (tertiary/aromatic N) is 4. The van der Waals surface area contributed by atoms with Crippen LogP contribution < -0.4 is 10.5 Å². The summed E-state index contributed by atoms with van der Waals surface area (Å²) in [5, 5.41) is 9.04. The number of amides is 1. The number of aromatic nitrogens is 1. The van der Waals surface area contributed by atoms with Crippen LogP contribution in [-0.2, 0) is 21.4 Å². The molecule has 0 saturated heterocycles. The molecule has 8 nitrogen and oxygen atoms in total. The van der Waals surface area contributed by atoms with E-state index in [0.717, 1.165) is 10.6 Å². The molecule has 0 N–H and O–H groups in total. The number of pyridine rings is 1. The van der Waals surface area contributed by atoms with Crippen molar-refractivity contribution >= 4 is 21.6 Å². The van der Waals surface area contributed by atoms with Gasteiger partial charge >= 0.3 is 0 Å². The zero-order valence-corrected chi connectivity index (χ0v) is 16.6. The fourth-order valence-corrected chi connectivity index (χ4v) is 4.21. The van der Waals surface area contributed by atoms with E-state index >= 15 is 0 Å². The summed E-state index contributed by atoms with van der Waals surface area (Å²) in [4.78, 5) is 26.1. The minimum atomic E-state index is -3.76. The minimum absolute atomic E-state index is 0.0601. The Kier molecular flexibility index (Phi) is 7.09. The molecule has 28 heavy (non-hydrogen) atoms. The van der Waals surface area contributed by atoms with Crippen molar-refractivity contribution in [1.29, 1.82) is 5.26 Å². The van der Waals surface area contributed by atoms with Crippen LogP contribution in [0.25, 0.3) is 0 Å². The Hall–Kier alpha value is -2.96. The first-order chi connectivity index (χ1) is 13.3. The van der Waals surface area contributed by atoms with Crippen molar-refractivity contribution in [1.82, 2.24) is 8.87 Å². The van der Waals surface area contributed by atoms with Crippen molar-refractivity contribution in [3.63, 3.8) is 0 Å². The van der Waals surface area contributed by atoms with Gasteiger partial charge in [0.15, 0.2) is 0 Å². The quantitative estimate of drug-likeness (QED) is 0.622. The summed E-state index contributed by atoms with van der Waals surface area (Å²) in [5.41, 5.74) is 0.0193. The molecular weight excluding hydrogens is 380 g/mol. The minimum Gasteiger partial charge on any atom is -0.305 e. The average molecular weight is 402 g/mol. The third-order valence-electron chi connectivity index (χ3n) is 4.20. The average Bonchev–Trinajstić information content (AvgIpc) is 2.69. The van der Waals surface area contributed by atoms with Gasteiger partial charge in [0, 0.05) is 31.0 Å². The molecule has 2 rings (SSSR count). The third kappa shape index (κ3) is 4.65. The summed E-state index contributed by atoms with van der Waals surface area (Å²) in [6.07, 6.45) is 1.17. The van der Waals surface area contributed by atoms with Gasteiger partial charge in [0.2, 0.25) is 15.9 Å². The van der Waals surface area contributed by atoms with Gasteiger partial charge < -0.3 is 4.57 Å². The lowest BCUT2D eigenvalue weighted by Crippen LogP contribution is -2.37.